The van der Waals surface area contributed by atoms with Gasteiger partial charge in [0.1, 0.15) is 11.6 Å². The van der Waals surface area contributed by atoms with Crippen molar-refractivity contribution in [3.8, 4) is 5.88 Å². The predicted octanol–water partition coefficient (Wildman–Crippen LogP) is 2.70. The van der Waals surface area contributed by atoms with Crippen LogP contribution in [0.4, 0.5) is 8.78 Å². The van der Waals surface area contributed by atoms with Crippen LogP contribution in [0, 0.1) is 11.6 Å². The molecule has 0 fully saturated rings. The van der Waals surface area contributed by atoms with E-state index in [0.717, 1.165) is 11.6 Å². The third-order valence-corrected chi connectivity index (χ3v) is 2.87. The molecule has 1 aromatic heterocycles. The molecule has 0 bridgehead atoms. The van der Waals surface area contributed by atoms with E-state index < -0.39 is 11.6 Å². The zero-order valence-electron chi connectivity index (χ0n) is 11.2. The van der Waals surface area contributed by atoms with Crippen LogP contribution in [0.1, 0.15) is 11.1 Å². The van der Waals surface area contributed by atoms with Crippen LogP contribution in [-0.2, 0) is 13.0 Å². The Kier molecular flexibility index (Phi) is 5.01. The second kappa shape index (κ2) is 6.96. The second-order valence-electron chi connectivity index (χ2n) is 4.38. The fourth-order valence-electron chi connectivity index (χ4n) is 1.95. The van der Waals surface area contributed by atoms with E-state index >= 15 is 0 Å². The normalized spacial score (nSPS) is 10.6. The fourth-order valence-corrected chi connectivity index (χ4v) is 1.95. The molecule has 0 saturated carbocycles. The van der Waals surface area contributed by atoms with Gasteiger partial charge in [0.15, 0.2) is 0 Å². The molecule has 0 radical (unpaired) electrons. The summed E-state index contributed by atoms with van der Waals surface area (Å²) in [6.07, 6.45) is 2.22. The highest BCUT2D eigenvalue weighted by Crippen LogP contribution is 2.13. The van der Waals surface area contributed by atoms with Gasteiger partial charge in [-0.15, -0.1) is 0 Å². The van der Waals surface area contributed by atoms with Gasteiger partial charge in [0.05, 0.1) is 7.11 Å². The highest BCUT2D eigenvalue weighted by molar-refractivity contribution is 5.25. The number of nitrogens with one attached hydrogen (secondary N) is 1. The maximum atomic E-state index is 13.0. The summed E-state index contributed by atoms with van der Waals surface area (Å²) in [5.41, 5.74) is 1.58. The smallest absolute Gasteiger partial charge is 0.217 e. The van der Waals surface area contributed by atoms with Crippen molar-refractivity contribution in [3.63, 3.8) is 0 Å². The van der Waals surface area contributed by atoms with E-state index in [4.69, 9.17) is 4.74 Å². The Balaban J connectivity index is 1.84. The summed E-state index contributed by atoms with van der Waals surface area (Å²) in [6, 6.07) is 7.31. The number of benzene rings is 1. The molecule has 0 unspecified atom stereocenters. The molecule has 2 rings (SSSR count). The van der Waals surface area contributed by atoms with Crippen LogP contribution in [0.5, 0.6) is 5.88 Å². The first-order chi connectivity index (χ1) is 9.69. The molecule has 0 spiro atoms. The van der Waals surface area contributed by atoms with Crippen molar-refractivity contribution in [1.82, 2.24) is 10.3 Å². The first-order valence-corrected chi connectivity index (χ1v) is 6.32. The Bertz CT molecular complexity index is 555. The summed E-state index contributed by atoms with van der Waals surface area (Å²) in [6.45, 7) is 1.20. The lowest BCUT2D eigenvalue weighted by atomic mass is 10.1. The number of hydrogen-bond acceptors (Lipinski definition) is 3. The third-order valence-electron chi connectivity index (χ3n) is 2.87. The molecule has 1 heterocycles. The van der Waals surface area contributed by atoms with E-state index in [-0.39, 0.29) is 0 Å². The minimum absolute atomic E-state index is 0.547. The van der Waals surface area contributed by atoms with Crippen molar-refractivity contribution < 1.29 is 13.5 Å². The van der Waals surface area contributed by atoms with Crippen LogP contribution in [0.25, 0.3) is 0 Å². The second-order valence-corrected chi connectivity index (χ2v) is 4.38. The molecule has 0 aliphatic rings. The molecule has 5 heteroatoms. The van der Waals surface area contributed by atoms with Crippen molar-refractivity contribution in [2.75, 3.05) is 13.7 Å². The molecule has 0 atom stereocenters. The standard InChI is InChI=1S/C15H16F2N2O/c1-20-15-12(3-2-5-19-15)10-18-6-4-11-7-13(16)9-14(17)8-11/h2-3,5,7-9,18H,4,6,10H2,1H3. The maximum absolute atomic E-state index is 13.0. The number of methoxy groups -OCH3 is 1. The average Bonchev–Trinajstić information content (AvgIpc) is 2.43. The van der Waals surface area contributed by atoms with Gasteiger partial charge in [0.2, 0.25) is 5.88 Å². The summed E-state index contributed by atoms with van der Waals surface area (Å²) in [4.78, 5) is 4.10. The number of nitrogens with zero attached hydrogens (tertiary/aromatic N) is 1. The van der Waals surface area contributed by atoms with Crippen LogP contribution in [0.15, 0.2) is 36.5 Å². The van der Waals surface area contributed by atoms with E-state index in [1.165, 1.54) is 12.1 Å². The average molecular weight is 278 g/mol. The van der Waals surface area contributed by atoms with Gasteiger partial charge in [0.25, 0.3) is 0 Å². The highest BCUT2D eigenvalue weighted by Gasteiger charge is 2.03. The third kappa shape index (κ3) is 3.99. The summed E-state index contributed by atoms with van der Waals surface area (Å²) in [5, 5.41) is 3.20. The molecule has 0 aliphatic carbocycles. The van der Waals surface area contributed by atoms with E-state index in [9.17, 15) is 8.78 Å². The lowest BCUT2D eigenvalue weighted by Crippen LogP contribution is -2.17. The van der Waals surface area contributed by atoms with Gasteiger partial charge in [-0.1, -0.05) is 6.07 Å². The molecule has 1 aromatic carbocycles. The monoisotopic (exact) mass is 278 g/mol. The summed E-state index contributed by atoms with van der Waals surface area (Å²) >= 11 is 0. The Morgan fingerprint density at radius 1 is 1.20 bits per heavy atom. The highest BCUT2D eigenvalue weighted by atomic mass is 19.1. The lowest BCUT2D eigenvalue weighted by molar-refractivity contribution is 0.390. The van der Waals surface area contributed by atoms with E-state index in [0.29, 0.717) is 31.0 Å². The van der Waals surface area contributed by atoms with E-state index in [1.54, 1.807) is 13.3 Å². The molecule has 0 amide bonds. The zero-order valence-corrected chi connectivity index (χ0v) is 11.2. The maximum Gasteiger partial charge on any atom is 0.217 e. The minimum Gasteiger partial charge on any atom is -0.481 e. The summed E-state index contributed by atoms with van der Waals surface area (Å²) in [5.74, 6) is -0.514. The topological polar surface area (TPSA) is 34.1 Å². The molecule has 106 valence electrons. The molecule has 0 saturated heterocycles. The van der Waals surface area contributed by atoms with Crippen molar-refractivity contribution >= 4 is 0 Å². The van der Waals surface area contributed by atoms with Crippen LogP contribution >= 0.6 is 0 Å². The molecule has 2 aromatic rings. The summed E-state index contributed by atoms with van der Waals surface area (Å²) < 4.78 is 31.2. The Labute approximate surface area is 116 Å². The predicted molar refractivity (Wildman–Crippen MR) is 72.6 cm³/mol. The fraction of sp³-hybridized carbons (Fsp3) is 0.267. The van der Waals surface area contributed by atoms with Gasteiger partial charge in [-0.2, -0.15) is 0 Å². The first-order valence-electron chi connectivity index (χ1n) is 6.32. The minimum atomic E-state index is -0.547. The molecule has 1 N–H and O–H groups in total. The van der Waals surface area contributed by atoms with Crippen LogP contribution in [-0.4, -0.2) is 18.6 Å². The van der Waals surface area contributed by atoms with Crippen molar-refractivity contribution in [3.05, 3.63) is 59.3 Å². The Morgan fingerprint density at radius 3 is 2.65 bits per heavy atom. The van der Waals surface area contributed by atoms with Crippen molar-refractivity contribution in [2.45, 2.75) is 13.0 Å². The quantitative estimate of drug-likeness (QED) is 0.825. The van der Waals surface area contributed by atoms with Gasteiger partial charge < -0.3 is 10.1 Å². The van der Waals surface area contributed by atoms with Crippen LogP contribution in [0.3, 0.4) is 0 Å². The summed E-state index contributed by atoms with van der Waals surface area (Å²) in [7, 11) is 1.57. The number of halogens is 2. The molecule has 20 heavy (non-hydrogen) atoms. The number of ether oxygens (including phenoxy) is 1. The van der Waals surface area contributed by atoms with Crippen molar-refractivity contribution in [2.24, 2.45) is 0 Å². The Morgan fingerprint density at radius 2 is 1.95 bits per heavy atom. The largest absolute Gasteiger partial charge is 0.481 e. The zero-order chi connectivity index (χ0) is 14.4. The molecule has 0 aliphatic heterocycles. The van der Waals surface area contributed by atoms with E-state index in [2.05, 4.69) is 10.3 Å². The number of hydrogen-bond donors (Lipinski definition) is 1. The first kappa shape index (κ1) is 14.4. The SMILES string of the molecule is COc1ncccc1CNCCc1cc(F)cc(F)c1. The van der Waals surface area contributed by atoms with Gasteiger partial charge >= 0.3 is 0 Å². The molecule has 3 nitrogen and oxygen atoms in total. The number of rotatable bonds is 6. The van der Waals surface area contributed by atoms with Gasteiger partial charge in [-0.25, -0.2) is 13.8 Å². The van der Waals surface area contributed by atoms with Crippen LogP contribution < -0.4 is 10.1 Å². The van der Waals surface area contributed by atoms with Crippen LogP contribution in [0.2, 0.25) is 0 Å². The molecular weight excluding hydrogens is 262 g/mol. The lowest BCUT2D eigenvalue weighted by Gasteiger charge is -2.08. The molecular formula is C15H16F2N2O. The van der Waals surface area contributed by atoms with Gasteiger partial charge in [-0.05, 0) is 36.7 Å². The number of aromatic nitrogens is 1. The van der Waals surface area contributed by atoms with Gasteiger partial charge in [-0.3, -0.25) is 0 Å². The van der Waals surface area contributed by atoms with Crippen molar-refractivity contribution in [1.29, 1.82) is 0 Å². The number of pyridine rings is 1. The van der Waals surface area contributed by atoms with E-state index in [1.807, 2.05) is 12.1 Å². The van der Waals surface area contributed by atoms with Gasteiger partial charge in [0, 0.05) is 24.4 Å². The Hall–Kier alpha value is -2.01.